The number of Topliss-reactive ketones (excluding diaryl/α,β-unsaturated/α-hetero) is 1. The lowest BCUT2D eigenvalue weighted by Crippen LogP contribution is -2.34. The largest absolute Gasteiger partial charge is 0.488 e. The van der Waals surface area contributed by atoms with Gasteiger partial charge in [-0.15, -0.1) is 0 Å². The number of carbonyl (C=O) groups is 2. The average molecular weight is 443 g/mol. The van der Waals surface area contributed by atoms with Gasteiger partial charge in [0, 0.05) is 18.4 Å². The molecule has 0 fully saturated rings. The van der Waals surface area contributed by atoms with Crippen LogP contribution in [0.4, 0.5) is 0 Å². The van der Waals surface area contributed by atoms with Crippen LogP contribution in [0.3, 0.4) is 0 Å². The highest BCUT2D eigenvalue weighted by Gasteiger charge is 2.24. The first-order valence-electron chi connectivity index (χ1n) is 11.1. The van der Waals surface area contributed by atoms with Crippen LogP contribution >= 0.6 is 0 Å². The lowest BCUT2D eigenvalue weighted by molar-refractivity contribution is -0.121. The van der Waals surface area contributed by atoms with Gasteiger partial charge < -0.3 is 19.5 Å². The summed E-state index contributed by atoms with van der Waals surface area (Å²) in [6.45, 7) is 2.28. The van der Waals surface area contributed by atoms with E-state index in [9.17, 15) is 9.59 Å². The van der Waals surface area contributed by atoms with Crippen molar-refractivity contribution in [3.05, 3.63) is 77.4 Å². The van der Waals surface area contributed by atoms with Crippen LogP contribution in [-0.2, 0) is 17.6 Å². The molecule has 1 unspecified atom stereocenters. The van der Waals surface area contributed by atoms with Crippen molar-refractivity contribution in [3.8, 4) is 28.4 Å². The number of rotatable bonds is 7. The van der Waals surface area contributed by atoms with Crippen molar-refractivity contribution in [3.63, 3.8) is 0 Å². The summed E-state index contributed by atoms with van der Waals surface area (Å²) in [6, 6.07) is 19.4. The third kappa shape index (κ3) is 4.55. The summed E-state index contributed by atoms with van der Waals surface area (Å²) in [7, 11) is 0. The van der Waals surface area contributed by atoms with E-state index in [0.717, 1.165) is 39.5 Å². The lowest BCUT2D eigenvalue weighted by Gasteiger charge is -2.12. The Labute approximate surface area is 192 Å². The Morgan fingerprint density at radius 2 is 1.79 bits per heavy atom. The summed E-state index contributed by atoms with van der Waals surface area (Å²) in [5.74, 6) is 2.34. The molecule has 33 heavy (non-hydrogen) atoms. The van der Waals surface area contributed by atoms with Crippen molar-refractivity contribution in [2.75, 3.05) is 13.3 Å². The molecule has 2 aliphatic rings. The van der Waals surface area contributed by atoms with Crippen LogP contribution in [0, 0.1) is 0 Å². The van der Waals surface area contributed by atoms with E-state index in [1.807, 2.05) is 54.6 Å². The van der Waals surface area contributed by atoms with Gasteiger partial charge in [-0.25, -0.2) is 0 Å². The van der Waals surface area contributed by atoms with Crippen LogP contribution in [0.2, 0.25) is 0 Å². The zero-order valence-corrected chi connectivity index (χ0v) is 18.4. The van der Waals surface area contributed by atoms with Gasteiger partial charge >= 0.3 is 0 Å². The fraction of sp³-hybridized carbons (Fsp3) is 0.259. The molecule has 0 aromatic heterocycles. The van der Waals surface area contributed by atoms with Crippen molar-refractivity contribution >= 4 is 11.7 Å². The number of ketones is 1. The molecule has 0 aliphatic carbocycles. The molecule has 0 bridgehead atoms. The van der Waals surface area contributed by atoms with Gasteiger partial charge in [-0.1, -0.05) is 36.4 Å². The van der Waals surface area contributed by atoms with Gasteiger partial charge in [0.15, 0.2) is 17.3 Å². The molecular formula is C27H25NO5. The maximum absolute atomic E-state index is 12.4. The van der Waals surface area contributed by atoms with E-state index in [1.54, 1.807) is 6.92 Å². The Kier molecular flexibility index (Phi) is 5.73. The second-order valence-electron chi connectivity index (χ2n) is 8.36. The molecule has 2 aliphatic heterocycles. The zero-order chi connectivity index (χ0) is 22.8. The number of nitrogens with one attached hydrogen (secondary N) is 1. The highest BCUT2D eigenvalue weighted by atomic mass is 16.7. The fourth-order valence-corrected chi connectivity index (χ4v) is 4.31. The van der Waals surface area contributed by atoms with Crippen LogP contribution < -0.4 is 19.5 Å². The van der Waals surface area contributed by atoms with Crippen molar-refractivity contribution in [2.24, 2.45) is 0 Å². The number of benzene rings is 3. The smallest absolute Gasteiger partial charge is 0.231 e. The topological polar surface area (TPSA) is 73.9 Å². The summed E-state index contributed by atoms with van der Waals surface area (Å²) in [5, 5.41) is 2.99. The third-order valence-corrected chi connectivity index (χ3v) is 6.02. The predicted molar refractivity (Wildman–Crippen MR) is 124 cm³/mol. The lowest BCUT2D eigenvalue weighted by atomic mass is 9.95. The molecule has 1 N–H and O–H groups in total. The Hall–Kier alpha value is -3.80. The molecule has 0 radical (unpaired) electrons. The zero-order valence-electron chi connectivity index (χ0n) is 18.4. The molecule has 1 amide bonds. The van der Waals surface area contributed by atoms with Crippen LogP contribution in [0.1, 0.15) is 34.8 Å². The maximum Gasteiger partial charge on any atom is 0.231 e. The molecule has 5 rings (SSSR count). The normalized spacial score (nSPS) is 15.6. The van der Waals surface area contributed by atoms with Gasteiger partial charge in [-0.05, 0) is 59.9 Å². The number of hydrogen-bond donors (Lipinski definition) is 1. The molecular weight excluding hydrogens is 418 g/mol. The first-order valence-corrected chi connectivity index (χ1v) is 11.1. The number of fused-ring (bicyclic) bond motifs is 2. The molecule has 3 aromatic carbocycles. The Morgan fingerprint density at radius 3 is 2.67 bits per heavy atom. The van der Waals surface area contributed by atoms with Gasteiger partial charge in [0.25, 0.3) is 0 Å². The van der Waals surface area contributed by atoms with E-state index in [-0.39, 0.29) is 24.6 Å². The van der Waals surface area contributed by atoms with Crippen molar-refractivity contribution in [1.29, 1.82) is 0 Å². The van der Waals surface area contributed by atoms with Crippen molar-refractivity contribution < 1.29 is 23.8 Å². The third-order valence-electron chi connectivity index (χ3n) is 6.02. The van der Waals surface area contributed by atoms with E-state index in [1.165, 1.54) is 0 Å². The van der Waals surface area contributed by atoms with Crippen LogP contribution in [0.5, 0.6) is 17.2 Å². The molecule has 1 atom stereocenters. The van der Waals surface area contributed by atoms with E-state index in [2.05, 4.69) is 11.4 Å². The molecule has 0 saturated heterocycles. The number of hydrogen-bond acceptors (Lipinski definition) is 5. The Balaban J connectivity index is 1.15. The Morgan fingerprint density at radius 1 is 0.970 bits per heavy atom. The van der Waals surface area contributed by atoms with Gasteiger partial charge in [-0.2, -0.15) is 0 Å². The highest BCUT2D eigenvalue weighted by Crippen LogP contribution is 2.34. The predicted octanol–water partition coefficient (Wildman–Crippen LogP) is 4.34. The summed E-state index contributed by atoms with van der Waals surface area (Å²) in [5.41, 5.74) is 4.76. The molecule has 6 heteroatoms. The van der Waals surface area contributed by atoms with Crippen molar-refractivity contribution in [1.82, 2.24) is 5.32 Å². The Bertz CT molecular complexity index is 1220. The minimum absolute atomic E-state index is 0.0108. The number of ether oxygens (including phenoxy) is 3. The van der Waals surface area contributed by atoms with Crippen LogP contribution in [0.25, 0.3) is 11.1 Å². The summed E-state index contributed by atoms with van der Waals surface area (Å²) in [6.07, 6.45) is 1.64. The standard InChI is InChI=1S/C27H25NO5/c1-17(29)22-4-2-3-5-23(22)19-8-10-24-20(13-19)14-21(33-24)15-28-27(30)11-7-18-6-9-25-26(12-18)32-16-31-25/h2-6,8-10,12-13,21H,7,11,14-16H2,1H3,(H,28,30). The van der Waals surface area contributed by atoms with E-state index < -0.39 is 0 Å². The summed E-state index contributed by atoms with van der Waals surface area (Å²) < 4.78 is 16.7. The SMILES string of the molecule is CC(=O)c1ccccc1-c1ccc2c(c1)CC(CNC(=O)CCc1ccc3c(c1)OCO3)O2. The monoisotopic (exact) mass is 443 g/mol. The molecule has 0 spiro atoms. The van der Waals surface area contributed by atoms with Crippen LogP contribution in [0.15, 0.2) is 60.7 Å². The molecule has 0 saturated carbocycles. The van der Waals surface area contributed by atoms with Gasteiger partial charge in [0.1, 0.15) is 11.9 Å². The van der Waals surface area contributed by atoms with E-state index >= 15 is 0 Å². The molecule has 6 nitrogen and oxygen atoms in total. The maximum atomic E-state index is 12.4. The van der Waals surface area contributed by atoms with Gasteiger partial charge in [-0.3, -0.25) is 9.59 Å². The second kappa shape index (κ2) is 8.98. The second-order valence-corrected chi connectivity index (χ2v) is 8.36. The number of amides is 1. The summed E-state index contributed by atoms with van der Waals surface area (Å²) >= 11 is 0. The van der Waals surface area contributed by atoms with Crippen molar-refractivity contribution in [2.45, 2.75) is 32.3 Å². The highest BCUT2D eigenvalue weighted by molar-refractivity contribution is 6.00. The van der Waals surface area contributed by atoms with E-state index in [4.69, 9.17) is 14.2 Å². The molecule has 3 aromatic rings. The molecule has 168 valence electrons. The van der Waals surface area contributed by atoms with E-state index in [0.29, 0.717) is 31.4 Å². The first-order chi connectivity index (χ1) is 16.1. The van der Waals surface area contributed by atoms with Gasteiger partial charge in [0.2, 0.25) is 12.7 Å². The van der Waals surface area contributed by atoms with Crippen LogP contribution in [-0.4, -0.2) is 31.1 Å². The average Bonchev–Trinajstić information content (AvgIpc) is 3.47. The minimum atomic E-state index is -0.104. The first kappa shape index (κ1) is 21.1. The summed E-state index contributed by atoms with van der Waals surface area (Å²) in [4.78, 5) is 24.4. The molecule has 2 heterocycles. The number of carbonyl (C=O) groups excluding carboxylic acids is 2. The van der Waals surface area contributed by atoms with Gasteiger partial charge in [0.05, 0.1) is 6.54 Å². The quantitative estimate of drug-likeness (QED) is 0.550. The minimum Gasteiger partial charge on any atom is -0.488 e. The fourth-order valence-electron chi connectivity index (χ4n) is 4.31. The number of aryl methyl sites for hydroxylation is 1.